The molecule has 2 fully saturated rings. The Balaban J connectivity index is 1.41. The van der Waals surface area contributed by atoms with E-state index in [9.17, 15) is 4.79 Å². The van der Waals surface area contributed by atoms with Crippen molar-refractivity contribution >= 4 is 5.91 Å². The van der Waals surface area contributed by atoms with Gasteiger partial charge in [0.15, 0.2) is 11.5 Å². The van der Waals surface area contributed by atoms with Crippen LogP contribution in [0, 0.1) is 11.8 Å². The molecule has 1 amide bonds. The van der Waals surface area contributed by atoms with Gasteiger partial charge in [0.1, 0.15) is 0 Å². The molecule has 154 valence electrons. The molecule has 4 heteroatoms. The number of carbonyl (C=O) groups is 1. The molecule has 1 aliphatic carbocycles. The highest BCUT2D eigenvalue weighted by Crippen LogP contribution is 2.59. The number of amides is 1. The first-order chi connectivity index (χ1) is 14.0. The van der Waals surface area contributed by atoms with Crippen molar-refractivity contribution in [3.8, 4) is 11.5 Å². The summed E-state index contributed by atoms with van der Waals surface area (Å²) in [7, 11) is 1.62. The van der Waals surface area contributed by atoms with E-state index in [1.807, 2.05) is 23.1 Å². The average molecular weight is 394 g/mol. The van der Waals surface area contributed by atoms with Crippen molar-refractivity contribution in [2.24, 2.45) is 11.8 Å². The van der Waals surface area contributed by atoms with Crippen molar-refractivity contribution in [3.63, 3.8) is 0 Å². The first kappa shape index (κ1) is 19.8. The van der Waals surface area contributed by atoms with E-state index in [0.717, 1.165) is 25.9 Å². The smallest absolute Gasteiger partial charge is 0.254 e. The summed E-state index contributed by atoms with van der Waals surface area (Å²) in [6, 6.07) is 16.3. The van der Waals surface area contributed by atoms with Crippen LogP contribution in [-0.4, -0.2) is 37.6 Å². The minimum absolute atomic E-state index is 0.0885. The number of hydrogen-bond acceptors (Lipinski definition) is 3. The van der Waals surface area contributed by atoms with Crippen LogP contribution in [-0.2, 0) is 5.41 Å². The number of ether oxygens (including phenoxy) is 2. The van der Waals surface area contributed by atoms with E-state index in [2.05, 4.69) is 44.2 Å². The number of piperidine rings is 1. The largest absolute Gasteiger partial charge is 0.493 e. The van der Waals surface area contributed by atoms with Crippen molar-refractivity contribution in [2.75, 3.05) is 26.8 Å². The van der Waals surface area contributed by atoms with Gasteiger partial charge in [0.25, 0.3) is 5.91 Å². The van der Waals surface area contributed by atoms with Gasteiger partial charge in [0, 0.05) is 24.1 Å². The maximum atomic E-state index is 13.1. The predicted molar refractivity (Wildman–Crippen MR) is 115 cm³/mol. The zero-order chi connectivity index (χ0) is 20.4. The van der Waals surface area contributed by atoms with E-state index in [4.69, 9.17) is 9.47 Å². The second-order valence-electron chi connectivity index (χ2n) is 8.82. The van der Waals surface area contributed by atoms with E-state index in [0.29, 0.717) is 40.9 Å². The topological polar surface area (TPSA) is 38.8 Å². The summed E-state index contributed by atoms with van der Waals surface area (Å²) in [5.41, 5.74) is 2.40. The standard InChI is InChI=1S/C25H31NO3/c1-18(2)11-14-29-22-10-9-19(15-23(22)28-3)24(27)26-13-12-25(16-21(25)17-26)20-7-5-4-6-8-20/h4-10,15,18,21H,11-14,16-17H2,1-3H3. The third-order valence-electron chi connectivity index (χ3n) is 6.50. The Bertz CT molecular complexity index is 864. The molecule has 1 aliphatic heterocycles. The van der Waals surface area contributed by atoms with Gasteiger partial charge < -0.3 is 14.4 Å². The number of nitrogens with zero attached hydrogens (tertiary/aromatic N) is 1. The number of benzene rings is 2. The first-order valence-corrected chi connectivity index (χ1v) is 10.7. The minimum atomic E-state index is 0.0885. The normalized spacial score (nSPS) is 22.9. The van der Waals surface area contributed by atoms with Crippen LogP contribution < -0.4 is 9.47 Å². The molecule has 0 radical (unpaired) electrons. The lowest BCUT2D eigenvalue weighted by Gasteiger charge is -2.32. The van der Waals surface area contributed by atoms with Gasteiger partial charge in [-0.1, -0.05) is 44.2 Å². The molecule has 1 saturated carbocycles. The number of rotatable bonds is 7. The highest BCUT2D eigenvalue weighted by molar-refractivity contribution is 5.95. The molecule has 2 aromatic rings. The fraction of sp³-hybridized carbons (Fsp3) is 0.480. The predicted octanol–water partition coefficient (Wildman–Crippen LogP) is 4.92. The van der Waals surface area contributed by atoms with E-state index in [1.165, 1.54) is 12.0 Å². The Morgan fingerprint density at radius 3 is 2.66 bits per heavy atom. The molecule has 29 heavy (non-hydrogen) atoms. The summed E-state index contributed by atoms with van der Waals surface area (Å²) in [6.45, 7) is 6.64. The maximum absolute atomic E-state index is 13.1. The highest BCUT2D eigenvalue weighted by Gasteiger charge is 2.57. The lowest BCUT2D eigenvalue weighted by Crippen LogP contribution is -2.40. The first-order valence-electron chi connectivity index (χ1n) is 10.7. The number of fused-ring (bicyclic) bond motifs is 1. The van der Waals surface area contributed by atoms with Crippen LogP contribution in [0.1, 0.15) is 49.0 Å². The Kier molecular flexibility index (Phi) is 5.53. The van der Waals surface area contributed by atoms with Gasteiger partial charge in [0.2, 0.25) is 0 Å². The van der Waals surface area contributed by atoms with Crippen molar-refractivity contribution in [1.29, 1.82) is 0 Å². The molecular weight excluding hydrogens is 362 g/mol. The van der Waals surface area contributed by atoms with Crippen LogP contribution in [0.2, 0.25) is 0 Å². The van der Waals surface area contributed by atoms with Gasteiger partial charge in [-0.05, 0) is 54.9 Å². The van der Waals surface area contributed by atoms with Crippen LogP contribution in [0.3, 0.4) is 0 Å². The maximum Gasteiger partial charge on any atom is 0.254 e. The van der Waals surface area contributed by atoms with Crippen molar-refractivity contribution in [1.82, 2.24) is 4.90 Å². The van der Waals surface area contributed by atoms with Gasteiger partial charge in [-0.2, -0.15) is 0 Å². The third-order valence-corrected chi connectivity index (χ3v) is 6.50. The third kappa shape index (κ3) is 3.98. The molecule has 2 atom stereocenters. The molecule has 4 nitrogen and oxygen atoms in total. The average Bonchev–Trinajstić information content (AvgIpc) is 3.49. The van der Waals surface area contributed by atoms with Gasteiger partial charge >= 0.3 is 0 Å². The quantitative estimate of drug-likeness (QED) is 0.670. The van der Waals surface area contributed by atoms with Crippen molar-refractivity contribution in [2.45, 2.75) is 38.5 Å². The second kappa shape index (κ2) is 8.10. The molecule has 0 N–H and O–H groups in total. The molecule has 2 unspecified atom stereocenters. The summed E-state index contributed by atoms with van der Waals surface area (Å²) in [4.78, 5) is 15.1. The summed E-state index contributed by atoms with van der Waals surface area (Å²) >= 11 is 0. The molecule has 0 spiro atoms. The van der Waals surface area contributed by atoms with E-state index in [-0.39, 0.29) is 5.91 Å². The Morgan fingerprint density at radius 1 is 1.17 bits per heavy atom. The molecule has 0 aromatic heterocycles. The Hall–Kier alpha value is -2.49. The van der Waals surface area contributed by atoms with E-state index in [1.54, 1.807) is 7.11 Å². The lowest BCUT2D eigenvalue weighted by molar-refractivity contribution is 0.0707. The molecular formula is C25H31NO3. The van der Waals surface area contributed by atoms with Gasteiger partial charge in [-0.25, -0.2) is 0 Å². The number of carbonyl (C=O) groups excluding carboxylic acids is 1. The lowest BCUT2D eigenvalue weighted by atomic mass is 9.87. The highest BCUT2D eigenvalue weighted by atomic mass is 16.5. The molecule has 4 rings (SSSR count). The number of methoxy groups -OCH3 is 1. The van der Waals surface area contributed by atoms with Crippen molar-refractivity contribution < 1.29 is 14.3 Å². The summed E-state index contributed by atoms with van der Waals surface area (Å²) in [5.74, 6) is 2.58. The monoisotopic (exact) mass is 393 g/mol. The fourth-order valence-electron chi connectivity index (χ4n) is 4.58. The van der Waals surface area contributed by atoms with Crippen LogP contribution >= 0.6 is 0 Å². The van der Waals surface area contributed by atoms with Gasteiger partial charge in [0.05, 0.1) is 13.7 Å². The molecule has 2 aliphatic rings. The molecule has 2 aromatic carbocycles. The zero-order valence-electron chi connectivity index (χ0n) is 17.7. The Labute approximate surface area is 173 Å². The number of likely N-dealkylation sites (tertiary alicyclic amines) is 1. The fourth-order valence-corrected chi connectivity index (χ4v) is 4.58. The van der Waals surface area contributed by atoms with E-state index >= 15 is 0 Å². The zero-order valence-corrected chi connectivity index (χ0v) is 17.7. The summed E-state index contributed by atoms with van der Waals surface area (Å²) < 4.78 is 11.3. The molecule has 1 saturated heterocycles. The van der Waals surface area contributed by atoms with Crippen LogP contribution in [0.25, 0.3) is 0 Å². The SMILES string of the molecule is COc1cc(C(=O)N2CCC3(c4ccccc4)CC3C2)ccc1OCCC(C)C. The summed E-state index contributed by atoms with van der Waals surface area (Å²) in [5, 5.41) is 0. The summed E-state index contributed by atoms with van der Waals surface area (Å²) in [6.07, 6.45) is 3.22. The van der Waals surface area contributed by atoms with Gasteiger partial charge in [-0.15, -0.1) is 0 Å². The van der Waals surface area contributed by atoms with Gasteiger partial charge in [-0.3, -0.25) is 4.79 Å². The molecule has 1 heterocycles. The Morgan fingerprint density at radius 2 is 1.97 bits per heavy atom. The van der Waals surface area contributed by atoms with Crippen molar-refractivity contribution in [3.05, 3.63) is 59.7 Å². The second-order valence-corrected chi connectivity index (χ2v) is 8.82. The van der Waals surface area contributed by atoms with E-state index < -0.39 is 0 Å². The number of hydrogen-bond donors (Lipinski definition) is 0. The molecule has 0 bridgehead atoms. The van der Waals surface area contributed by atoms with Crippen LogP contribution in [0.15, 0.2) is 48.5 Å². The minimum Gasteiger partial charge on any atom is -0.493 e. The van der Waals surface area contributed by atoms with Crippen LogP contribution in [0.4, 0.5) is 0 Å². The van der Waals surface area contributed by atoms with Crippen LogP contribution in [0.5, 0.6) is 11.5 Å².